The van der Waals surface area contributed by atoms with E-state index in [0.29, 0.717) is 17.0 Å². The minimum atomic E-state index is -0.240. The zero-order valence-corrected chi connectivity index (χ0v) is 12.1. The number of hydrogen-bond acceptors (Lipinski definition) is 2. The van der Waals surface area contributed by atoms with Crippen LogP contribution in [0.1, 0.15) is 25.3 Å². The average Bonchev–Trinajstić information content (AvgIpc) is 3.15. The highest BCUT2D eigenvalue weighted by atomic mass is 79.9. The maximum Gasteiger partial charge on any atom is 0.137 e. The molecule has 0 aromatic heterocycles. The number of rotatable bonds is 6. The van der Waals surface area contributed by atoms with Crippen LogP contribution in [0, 0.1) is 11.7 Å². The van der Waals surface area contributed by atoms with Crippen molar-refractivity contribution in [1.29, 1.82) is 0 Å². The maximum atomic E-state index is 13.2. The van der Waals surface area contributed by atoms with Crippen molar-refractivity contribution >= 4 is 15.9 Å². The Morgan fingerprint density at radius 2 is 2.22 bits per heavy atom. The fourth-order valence-electron chi connectivity index (χ4n) is 2.28. The Morgan fingerprint density at radius 3 is 2.78 bits per heavy atom. The lowest BCUT2D eigenvalue weighted by atomic mass is 9.99. The molecular formula is C14H19BrFNO. The van der Waals surface area contributed by atoms with E-state index in [1.54, 1.807) is 12.1 Å². The second-order valence-corrected chi connectivity index (χ2v) is 5.73. The Bertz CT molecular complexity index is 409. The first-order valence-electron chi connectivity index (χ1n) is 6.43. The molecule has 1 aromatic rings. The molecule has 2 N–H and O–H groups in total. The predicted octanol–water partition coefficient (Wildman–Crippen LogP) is 3.27. The lowest BCUT2D eigenvalue weighted by molar-refractivity contribution is 0.0288. The minimum absolute atomic E-state index is 0.0187. The summed E-state index contributed by atoms with van der Waals surface area (Å²) in [5.74, 6) is 0.375. The zero-order valence-electron chi connectivity index (χ0n) is 10.5. The Balaban J connectivity index is 2.00. The molecule has 0 spiro atoms. The van der Waals surface area contributed by atoms with Gasteiger partial charge in [-0.15, -0.1) is 0 Å². The van der Waals surface area contributed by atoms with E-state index < -0.39 is 0 Å². The van der Waals surface area contributed by atoms with E-state index in [-0.39, 0.29) is 18.0 Å². The molecule has 0 radical (unpaired) electrons. The molecule has 2 unspecified atom stereocenters. The van der Waals surface area contributed by atoms with Crippen LogP contribution in [-0.4, -0.2) is 18.8 Å². The topological polar surface area (TPSA) is 35.2 Å². The first kappa shape index (κ1) is 14.0. The number of hydrogen-bond donors (Lipinski definition) is 1. The van der Waals surface area contributed by atoms with Crippen LogP contribution in [0.2, 0.25) is 0 Å². The van der Waals surface area contributed by atoms with Gasteiger partial charge in [0.25, 0.3) is 0 Å². The van der Waals surface area contributed by atoms with Gasteiger partial charge >= 0.3 is 0 Å². The molecule has 18 heavy (non-hydrogen) atoms. The molecule has 1 aliphatic carbocycles. The molecule has 2 atom stereocenters. The minimum Gasteiger partial charge on any atom is -0.377 e. The van der Waals surface area contributed by atoms with Crippen LogP contribution < -0.4 is 5.73 Å². The Kier molecular flexibility index (Phi) is 4.76. The summed E-state index contributed by atoms with van der Waals surface area (Å²) in [4.78, 5) is 0. The van der Waals surface area contributed by atoms with Gasteiger partial charge in [-0.3, -0.25) is 0 Å². The first-order valence-corrected chi connectivity index (χ1v) is 7.22. The van der Waals surface area contributed by atoms with E-state index in [4.69, 9.17) is 10.5 Å². The molecule has 0 amide bonds. The molecule has 0 bridgehead atoms. The molecule has 1 saturated carbocycles. The normalized spacial score (nSPS) is 18.7. The largest absolute Gasteiger partial charge is 0.377 e. The molecule has 2 nitrogen and oxygen atoms in total. The van der Waals surface area contributed by atoms with E-state index in [1.165, 1.54) is 18.9 Å². The van der Waals surface area contributed by atoms with Crippen LogP contribution in [0.15, 0.2) is 22.7 Å². The number of halogens is 2. The molecule has 0 heterocycles. The Hall–Kier alpha value is -0.450. The van der Waals surface area contributed by atoms with Crippen molar-refractivity contribution in [2.24, 2.45) is 11.7 Å². The van der Waals surface area contributed by atoms with Crippen molar-refractivity contribution in [3.05, 3.63) is 34.1 Å². The third-order valence-electron chi connectivity index (χ3n) is 3.32. The van der Waals surface area contributed by atoms with Crippen molar-refractivity contribution in [1.82, 2.24) is 0 Å². The molecule has 1 aliphatic rings. The van der Waals surface area contributed by atoms with Crippen LogP contribution in [-0.2, 0) is 11.2 Å². The SMILES string of the molecule is CCOC(C(N)Cc1ccc(F)c(Br)c1)C1CC1. The van der Waals surface area contributed by atoms with Gasteiger partial charge < -0.3 is 10.5 Å². The summed E-state index contributed by atoms with van der Waals surface area (Å²) in [5.41, 5.74) is 7.27. The van der Waals surface area contributed by atoms with Crippen LogP contribution in [0.4, 0.5) is 4.39 Å². The summed E-state index contributed by atoms with van der Waals surface area (Å²) in [7, 11) is 0. The van der Waals surface area contributed by atoms with Gasteiger partial charge in [-0.05, 0) is 65.7 Å². The summed E-state index contributed by atoms with van der Waals surface area (Å²) in [6, 6.07) is 5.04. The summed E-state index contributed by atoms with van der Waals surface area (Å²) >= 11 is 3.20. The van der Waals surface area contributed by atoms with Crippen LogP contribution in [0.3, 0.4) is 0 Å². The van der Waals surface area contributed by atoms with Crippen LogP contribution >= 0.6 is 15.9 Å². The maximum absolute atomic E-state index is 13.2. The second kappa shape index (κ2) is 6.13. The van der Waals surface area contributed by atoms with E-state index in [0.717, 1.165) is 12.0 Å². The third kappa shape index (κ3) is 3.53. The highest BCUT2D eigenvalue weighted by Gasteiger charge is 2.35. The summed E-state index contributed by atoms with van der Waals surface area (Å²) in [6.45, 7) is 2.69. The van der Waals surface area contributed by atoms with Gasteiger partial charge in [0.2, 0.25) is 0 Å². The molecule has 100 valence electrons. The highest BCUT2D eigenvalue weighted by molar-refractivity contribution is 9.10. The van der Waals surface area contributed by atoms with Crippen molar-refractivity contribution in [3.8, 4) is 0 Å². The summed E-state index contributed by atoms with van der Waals surface area (Å²) in [6.07, 6.45) is 3.29. The quantitative estimate of drug-likeness (QED) is 0.874. The van der Waals surface area contributed by atoms with Gasteiger partial charge in [-0.1, -0.05) is 6.07 Å². The third-order valence-corrected chi connectivity index (χ3v) is 3.93. The Labute approximate surface area is 116 Å². The predicted molar refractivity (Wildman–Crippen MR) is 73.9 cm³/mol. The molecule has 1 fully saturated rings. The van der Waals surface area contributed by atoms with Gasteiger partial charge in [-0.25, -0.2) is 4.39 Å². The van der Waals surface area contributed by atoms with Gasteiger partial charge in [-0.2, -0.15) is 0 Å². The van der Waals surface area contributed by atoms with Gasteiger partial charge in [0.15, 0.2) is 0 Å². The Morgan fingerprint density at radius 1 is 1.50 bits per heavy atom. The van der Waals surface area contributed by atoms with Gasteiger partial charge in [0.1, 0.15) is 5.82 Å². The average molecular weight is 316 g/mol. The van der Waals surface area contributed by atoms with Crippen LogP contribution in [0.5, 0.6) is 0 Å². The molecule has 0 aliphatic heterocycles. The van der Waals surface area contributed by atoms with Crippen molar-refractivity contribution < 1.29 is 9.13 Å². The lowest BCUT2D eigenvalue weighted by Crippen LogP contribution is -2.40. The lowest BCUT2D eigenvalue weighted by Gasteiger charge is -2.23. The zero-order chi connectivity index (χ0) is 13.1. The number of ether oxygens (including phenoxy) is 1. The van der Waals surface area contributed by atoms with Crippen molar-refractivity contribution in [3.63, 3.8) is 0 Å². The number of benzene rings is 1. The summed E-state index contributed by atoms with van der Waals surface area (Å²) in [5, 5.41) is 0. The molecule has 2 rings (SSSR count). The second-order valence-electron chi connectivity index (χ2n) is 4.87. The molecule has 0 saturated heterocycles. The van der Waals surface area contributed by atoms with Gasteiger partial charge in [0, 0.05) is 12.6 Å². The molecule has 4 heteroatoms. The first-order chi connectivity index (χ1) is 8.61. The summed E-state index contributed by atoms with van der Waals surface area (Å²) < 4.78 is 19.4. The smallest absolute Gasteiger partial charge is 0.137 e. The monoisotopic (exact) mass is 315 g/mol. The molecule has 1 aromatic carbocycles. The van der Waals surface area contributed by atoms with E-state index in [1.807, 2.05) is 6.92 Å². The van der Waals surface area contributed by atoms with Gasteiger partial charge in [0.05, 0.1) is 10.6 Å². The van der Waals surface area contributed by atoms with Crippen LogP contribution in [0.25, 0.3) is 0 Å². The van der Waals surface area contributed by atoms with E-state index >= 15 is 0 Å². The highest BCUT2D eigenvalue weighted by Crippen LogP contribution is 2.36. The fourth-order valence-corrected chi connectivity index (χ4v) is 2.71. The van der Waals surface area contributed by atoms with Crippen molar-refractivity contribution in [2.75, 3.05) is 6.61 Å². The number of nitrogens with two attached hydrogens (primary N) is 1. The van der Waals surface area contributed by atoms with E-state index in [9.17, 15) is 4.39 Å². The fraction of sp³-hybridized carbons (Fsp3) is 0.571. The molecular weight excluding hydrogens is 297 g/mol. The standard InChI is InChI=1S/C14H19BrFNO/c1-2-18-14(10-4-5-10)13(17)8-9-3-6-12(16)11(15)7-9/h3,6-7,10,13-14H,2,4-5,8,17H2,1H3. The van der Waals surface area contributed by atoms with Crippen molar-refractivity contribution in [2.45, 2.75) is 38.3 Å². The van der Waals surface area contributed by atoms with E-state index in [2.05, 4.69) is 15.9 Å².